The quantitative estimate of drug-likeness (QED) is 0.0249. The fourth-order valence-corrected chi connectivity index (χ4v) is 9.49. The van der Waals surface area contributed by atoms with Crippen LogP contribution in [0, 0.1) is 0 Å². The molecule has 0 heterocycles. The van der Waals surface area contributed by atoms with Crippen LogP contribution in [0.3, 0.4) is 0 Å². The van der Waals surface area contributed by atoms with Crippen molar-refractivity contribution in [1.29, 1.82) is 0 Å². The van der Waals surface area contributed by atoms with Crippen LogP contribution in [0.5, 0.6) is 0 Å². The van der Waals surface area contributed by atoms with Crippen molar-refractivity contribution in [3.8, 4) is 0 Å². The van der Waals surface area contributed by atoms with Crippen molar-refractivity contribution < 1.29 is 64.8 Å². The molecule has 2 N–H and O–H groups in total. The topological polar surface area (TPSA) is 242 Å². The van der Waals surface area contributed by atoms with Gasteiger partial charge in [-0.05, 0) is 12.8 Å². The van der Waals surface area contributed by atoms with Crippen molar-refractivity contribution in [2.45, 2.75) is 294 Å². The third-order valence-electron chi connectivity index (χ3n) is 12.4. The van der Waals surface area contributed by atoms with Gasteiger partial charge in [-0.1, -0.05) is 258 Å². The normalized spacial score (nSPS) is 12.3. The van der Waals surface area contributed by atoms with Crippen LogP contribution >= 0.6 is 0 Å². The Labute approximate surface area is 436 Å². The monoisotopic (exact) mass is 1030 g/mol. The van der Waals surface area contributed by atoms with Crippen molar-refractivity contribution in [3.05, 3.63) is 0 Å². The van der Waals surface area contributed by atoms with E-state index >= 15 is 0 Å². The zero-order valence-electron chi connectivity index (χ0n) is 43.6. The molecule has 0 spiro atoms. The Hall–Kier alpha value is -1.53. The smallest absolute Gasteiger partial charge is 0.550 e. The molecular weight excluding hydrogens is 937 g/mol. The van der Waals surface area contributed by atoms with Gasteiger partial charge < -0.3 is 29.3 Å². The fraction of sp³-hybridized carbons (Fsp3) is 0.923. The second kappa shape index (κ2) is 51.4. The Morgan fingerprint density at radius 3 is 0.652 bits per heavy atom. The van der Waals surface area contributed by atoms with Crippen LogP contribution in [0.1, 0.15) is 284 Å². The maximum absolute atomic E-state index is 11.7. The van der Waals surface area contributed by atoms with Crippen LogP contribution in [0.25, 0.3) is 0 Å². The largest absolute Gasteiger partial charge is 2.00 e. The Kier molecular flexibility index (Phi) is 53.4. The molecule has 0 saturated carbocycles. The summed E-state index contributed by atoms with van der Waals surface area (Å²) in [4.78, 5) is 44.4. The first kappa shape index (κ1) is 71.7. The van der Waals surface area contributed by atoms with Gasteiger partial charge in [0.15, 0.2) is 10.5 Å². The van der Waals surface area contributed by atoms with E-state index < -0.39 is 67.5 Å². The summed E-state index contributed by atoms with van der Waals surface area (Å²) in [7, 11) is -9.66. The molecule has 404 valence electrons. The number of aliphatic carboxylic acids is 2. The maximum Gasteiger partial charge on any atom is 2.00 e. The molecule has 0 radical (unpaired) electrons. The summed E-state index contributed by atoms with van der Waals surface area (Å²) in [6.45, 7) is 4.55. The first-order chi connectivity index (χ1) is 32.6. The number of esters is 2. The molecule has 0 bridgehead atoms. The van der Waals surface area contributed by atoms with Crippen LogP contribution in [-0.2, 0) is 48.9 Å². The van der Waals surface area contributed by atoms with Gasteiger partial charge in [0, 0.05) is 24.8 Å². The summed E-state index contributed by atoms with van der Waals surface area (Å²) in [5.41, 5.74) is 0. The van der Waals surface area contributed by atoms with E-state index in [1.54, 1.807) is 0 Å². The standard InChI is InChI=1S/2C26H50O7S.Mg/c2*1-2-3-4-5-6-7-8-9-10-11-12-13-14-15-16-17-18-19-20-21-22-33-26(29)24(23-25(27)28)34(30,31)32;/h2*24H,2-23H2,1H3,(H,27,28)(H,30,31,32);/q;;+2/p-2. The molecular formula is C52H98MgO14S2. The average molecular weight is 1040 g/mol. The number of hydrogen-bond acceptors (Lipinski definition) is 12. The number of hydrogen-bond donors (Lipinski definition) is 2. The van der Waals surface area contributed by atoms with E-state index in [2.05, 4.69) is 13.8 Å². The minimum Gasteiger partial charge on any atom is -0.550 e. The third-order valence-corrected chi connectivity index (χ3v) is 14.6. The number of unbranched alkanes of at least 4 members (excludes halogenated alkanes) is 38. The van der Waals surface area contributed by atoms with Gasteiger partial charge in [0.1, 0.15) is 0 Å². The molecule has 0 saturated heterocycles. The van der Waals surface area contributed by atoms with Gasteiger partial charge in [-0.25, -0.2) is 0 Å². The molecule has 0 aromatic rings. The van der Waals surface area contributed by atoms with Crippen LogP contribution in [-0.4, -0.2) is 96.6 Å². The second-order valence-electron chi connectivity index (χ2n) is 18.9. The molecule has 2 unspecified atom stereocenters. The molecule has 0 amide bonds. The molecule has 17 heteroatoms. The SMILES string of the molecule is CCCCCCCCCCCCCCCCCCCCCCOC(=O)C(CC(=O)[O-])S(=O)(=O)O.CCCCCCCCCCCCCCCCCCCCCCOC(=O)C(CC(=O)[O-])S(=O)(=O)O.[Mg+2]. The summed E-state index contributed by atoms with van der Waals surface area (Å²) in [5, 5.41) is 16.8. The average Bonchev–Trinajstić information content (AvgIpc) is 3.27. The van der Waals surface area contributed by atoms with Crippen LogP contribution < -0.4 is 10.2 Å². The summed E-state index contributed by atoms with van der Waals surface area (Å²) in [6, 6.07) is 0. The van der Waals surface area contributed by atoms with Gasteiger partial charge in [-0.2, -0.15) is 16.8 Å². The van der Waals surface area contributed by atoms with Crippen molar-refractivity contribution in [2.24, 2.45) is 0 Å². The van der Waals surface area contributed by atoms with Gasteiger partial charge in [-0.3, -0.25) is 18.7 Å². The van der Waals surface area contributed by atoms with Gasteiger partial charge >= 0.3 is 35.0 Å². The maximum atomic E-state index is 11.7. The number of rotatable bonds is 50. The van der Waals surface area contributed by atoms with E-state index in [1.165, 1.54) is 205 Å². The van der Waals surface area contributed by atoms with E-state index in [1.807, 2.05) is 0 Å². The first-order valence-corrected chi connectivity index (χ1v) is 30.2. The van der Waals surface area contributed by atoms with E-state index in [0.29, 0.717) is 12.8 Å². The van der Waals surface area contributed by atoms with Crippen molar-refractivity contribution in [1.82, 2.24) is 0 Å². The summed E-state index contributed by atoms with van der Waals surface area (Å²) < 4.78 is 71.9. The minimum absolute atomic E-state index is 0. The molecule has 0 fully saturated rings. The van der Waals surface area contributed by atoms with Gasteiger partial charge in [0.2, 0.25) is 0 Å². The van der Waals surface area contributed by atoms with Crippen LogP contribution in [0.2, 0.25) is 0 Å². The molecule has 0 aliphatic carbocycles. The van der Waals surface area contributed by atoms with Gasteiger partial charge in [0.25, 0.3) is 20.2 Å². The Balaban J connectivity index is -0.00000124. The van der Waals surface area contributed by atoms with Crippen molar-refractivity contribution in [2.75, 3.05) is 13.2 Å². The van der Waals surface area contributed by atoms with Gasteiger partial charge in [0.05, 0.1) is 13.2 Å². The number of carboxylic acids is 2. The number of ether oxygens (including phenoxy) is 2. The Morgan fingerprint density at radius 1 is 0.348 bits per heavy atom. The Bertz CT molecular complexity index is 1320. The predicted molar refractivity (Wildman–Crippen MR) is 274 cm³/mol. The summed E-state index contributed by atoms with van der Waals surface area (Å²) in [6.07, 6.45) is 48.2. The van der Waals surface area contributed by atoms with Crippen LogP contribution in [0.15, 0.2) is 0 Å². The Morgan fingerprint density at radius 2 is 0.507 bits per heavy atom. The number of carbonyl (C=O) groups excluding carboxylic acids is 4. The summed E-state index contributed by atoms with van der Waals surface area (Å²) >= 11 is 0. The third kappa shape index (κ3) is 52.6. The summed E-state index contributed by atoms with van der Waals surface area (Å²) in [5.74, 6) is -5.97. The van der Waals surface area contributed by atoms with E-state index in [4.69, 9.17) is 18.6 Å². The molecule has 0 aliphatic rings. The van der Waals surface area contributed by atoms with Crippen LogP contribution in [0.4, 0.5) is 0 Å². The zero-order valence-corrected chi connectivity index (χ0v) is 46.6. The minimum atomic E-state index is -4.83. The molecule has 0 rings (SSSR count). The van der Waals surface area contributed by atoms with E-state index in [-0.39, 0.29) is 36.3 Å². The second-order valence-corrected chi connectivity index (χ2v) is 22.1. The molecule has 0 aromatic heterocycles. The number of carbonyl (C=O) groups is 4. The molecule has 0 aromatic carbocycles. The first-order valence-electron chi connectivity index (χ1n) is 27.2. The number of carboxylic acid groups (broad SMARTS) is 2. The zero-order chi connectivity index (χ0) is 51.0. The molecule has 14 nitrogen and oxygen atoms in total. The predicted octanol–water partition coefficient (Wildman–Crippen LogP) is 11.1. The van der Waals surface area contributed by atoms with E-state index in [9.17, 15) is 46.2 Å². The van der Waals surface area contributed by atoms with Crippen molar-refractivity contribution >= 4 is 67.2 Å². The fourth-order valence-electron chi connectivity index (χ4n) is 8.17. The molecule has 0 aliphatic heterocycles. The van der Waals surface area contributed by atoms with Gasteiger partial charge in [-0.15, -0.1) is 0 Å². The molecule has 69 heavy (non-hydrogen) atoms. The van der Waals surface area contributed by atoms with Crippen molar-refractivity contribution in [3.63, 3.8) is 0 Å². The van der Waals surface area contributed by atoms with E-state index in [0.717, 1.165) is 38.5 Å². The molecule has 2 atom stereocenters.